The van der Waals surface area contributed by atoms with Crippen molar-refractivity contribution in [3.8, 4) is 0 Å². The highest BCUT2D eigenvalue weighted by atomic mass is 15.1. The fraction of sp³-hybridized carbons (Fsp3) is 0.385. The monoisotopic (exact) mass is 215 g/mol. The number of aryl methyl sites for hydroxylation is 1. The number of nitrogens with zero attached hydrogens (tertiary/aromatic N) is 3. The highest BCUT2D eigenvalue weighted by Gasteiger charge is 2.07. The van der Waals surface area contributed by atoms with Crippen LogP contribution in [0.3, 0.4) is 0 Å². The molecular weight excluding hydrogens is 198 g/mol. The van der Waals surface area contributed by atoms with E-state index in [9.17, 15) is 0 Å². The van der Waals surface area contributed by atoms with Gasteiger partial charge in [0.05, 0.1) is 12.2 Å². The van der Waals surface area contributed by atoms with Crippen LogP contribution < -0.4 is 0 Å². The van der Waals surface area contributed by atoms with Gasteiger partial charge in [-0.15, -0.1) is 0 Å². The van der Waals surface area contributed by atoms with E-state index in [1.54, 1.807) is 0 Å². The zero-order valence-electron chi connectivity index (χ0n) is 10.0. The zero-order chi connectivity index (χ0) is 11.5. The summed E-state index contributed by atoms with van der Waals surface area (Å²) < 4.78 is 2.16. The molecule has 0 bridgehead atoms. The average molecular weight is 215 g/mol. The van der Waals surface area contributed by atoms with Crippen LogP contribution in [0.4, 0.5) is 0 Å². The second kappa shape index (κ2) is 4.47. The maximum Gasteiger partial charge on any atom is 0.111 e. The van der Waals surface area contributed by atoms with Crippen LogP contribution in [-0.4, -0.2) is 14.5 Å². The van der Waals surface area contributed by atoms with Crippen molar-refractivity contribution in [2.75, 3.05) is 0 Å². The first kappa shape index (κ1) is 10.9. The highest BCUT2D eigenvalue weighted by Crippen LogP contribution is 2.13. The Morgan fingerprint density at radius 1 is 1.31 bits per heavy atom. The van der Waals surface area contributed by atoms with E-state index < -0.39 is 0 Å². The minimum atomic E-state index is 0.444. The summed E-state index contributed by atoms with van der Waals surface area (Å²) in [7, 11) is 0. The van der Waals surface area contributed by atoms with E-state index in [1.165, 1.54) is 0 Å². The van der Waals surface area contributed by atoms with Crippen LogP contribution in [-0.2, 0) is 6.54 Å². The van der Waals surface area contributed by atoms with Gasteiger partial charge >= 0.3 is 0 Å². The summed E-state index contributed by atoms with van der Waals surface area (Å²) >= 11 is 0. The molecule has 0 aromatic carbocycles. The van der Waals surface area contributed by atoms with Crippen LogP contribution in [0.5, 0.6) is 0 Å². The topological polar surface area (TPSA) is 30.7 Å². The van der Waals surface area contributed by atoms with Crippen molar-refractivity contribution in [3.63, 3.8) is 0 Å². The molecule has 0 radical (unpaired) electrons. The fourth-order valence-electron chi connectivity index (χ4n) is 1.82. The molecule has 2 aromatic heterocycles. The Morgan fingerprint density at radius 3 is 2.81 bits per heavy atom. The molecule has 0 aliphatic carbocycles. The summed E-state index contributed by atoms with van der Waals surface area (Å²) in [6.07, 6.45) is 3.87. The molecule has 84 valence electrons. The van der Waals surface area contributed by atoms with Gasteiger partial charge in [0.2, 0.25) is 0 Å². The van der Waals surface area contributed by atoms with Crippen molar-refractivity contribution < 1.29 is 0 Å². The molecule has 16 heavy (non-hydrogen) atoms. The standard InChI is InChI=1S/C13H17N3/c1-10(2)13-14-7-8-16(13)9-12-6-4-5-11(3)15-12/h4-8,10H,9H2,1-3H3. The average Bonchev–Trinajstić information content (AvgIpc) is 2.66. The molecule has 2 rings (SSSR count). The zero-order valence-corrected chi connectivity index (χ0v) is 10.0. The molecule has 0 fully saturated rings. The quantitative estimate of drug-likeness (QED) is 0.788. The van der Waals surface area contributed by atoms with Crippen molar-refractivity contribution >= 4 is 0 Å². The van der Waals surface area contributed by atoms with Gasteiger partial charge in [0.25, 0.3) is 0 Å². The Hall–Kier alpha value is -1.64. The van der Waals surface area contributed by atoms with E-state index in [1.807, 2.05) is 31.5 Å². The van der Waals surface area contributed by atoms with Crippen LogP contribution >= 0.6 is 0 Å². The summed E-state index contributed by atoms with van der Waals surface area (Å²) in [4.78, 5) is 8.87. The molecule has 2 heterocycles. The minimum absolute atomic E-state index is 0.444. The molecule has 0 atom stereocenters. The summed E-state index contributed by atoms with van der Waals surface area (Å²) in [5.41, 5.74) is 2.14. The smallest absolute Gasteiger partial charge is 0.111 e. The first-order valence-corrected chi connectivity index (χ1v) is 5.60. The summed E-state index contributed by atoms with van der Waals surface area (Å²) in [5.74, 6) is 1.56. The first-order valence-electron chi connectivity index (χ1n) is 5.60. The van der Waals surface area contributed by atoms with Crippen LogP contribution in [0.15, 0.2) is 30.6 Å². The van der Waals surface area contributed by atoms with Gasteiger partial charge in [0.1, 0.15) is 5.82 Å². The van der Waals surface area contributed by atoms with E-state index in [-0.39, 0.29) is 0 Å². The third kappa shape index (κ3) is 2.30. The SMILES string of the molecule is Cc1cccc(Cn2ccnc2C(C)C)n1. The lowest BCUT2D eigenvalue weighted by molar-refractivity contribution is 0.660. The maximum atomic E-state index is 4.50. The molecular formula is C13H17N3. The molecule has 0 amide bonds. The van der Waals surface area contributed by atoms with E-state index in [0.29, 0.717) is 5.92 Å². The lowest BCUT2D eigenvalue weighted by atomic mass is 10.2. The van der Waals surface area contributed by atoms with Gasteiger partial charge in [-0.1, -0.05) is 19.9 Å². The lowest BCUT2D eigenvalue weighted by Crippen LogP contribution is -2.07. The largest absolute Gasteiger partial charge is 0.329 e. The molecule has 2 aromatic rings. The molecule has 0 N–H and O–H groups in total. The molecule has 0 saturated carbocycles. The Morgan fingerprint density at radius 2 is 2.12 bits per heavy atom. The normalized spacial score (nSPS) is 11.0. The predicted molar refractivity (Wildman–Crippen MR) is 64.4 cm³/mol. The second-order valence-corrected chi connectivity index (χ2v) is 4.34. The van der Waals surface area contributed by atoms with Crippen LogP contribution in [0.25, 0.3) is 0 Å². The predicted octanol–water partition coefficient (Wildman–Crippen LogP) is 2.76. The van der Waals surface area contributed by atoms with E-state index in [0.717, 1.165) is 23.8 Å². The highest BCUT2D eigenvalue weighted by molar-refractivity contribution is 5.11. The van der Waals surface area contributed by atoms with Crippen molar-refractivity contribution in [1.82, 2.24) is 14.5 Å². The van der Waals surface area contributed by atoms with Crippen LogP contribution in [0.1, 0.15) is 37.0 Å². The first-order chi connectivity index (χ1) is 7.66. The fourth-order valence-corrected chi connectivity index (χ4v) is 1.82. The molecule has 0 unspecified atom stereocenters. The maximum absolute atomic E-state index is 4.50. The number of pyridine rings is 1. The summed E-state index contributed by atoms with van der Waals surface area (Å²) in [5, 5.41) is 0. The number of imidazole rings is 1. The van der Waals surface area contributed by atoms with Crippen molar-refractivity contribution in [2.24, 2.45) is 0 Å². The second-order valence-electron chi connectivity index (χ2n) is 4.34. The molecule has 0 saturated heterocycles. The molecule has 0 aliphatic heterocycles. The Kier molecular flexibility index (Phi) is 3.04. The van der Waals surface area contributed by atoms with Gasteiger partial charge in [-0.25, -0.2) is 4.98 Å². The summed E-state index contributed by atoms with van der Waals surface area (Å²) in [6.45, 7) is 7.13. The summed E-state index contributed by atoms with van der Waals surface area (Å²) in [6, 6.07) is 6.11. The molecule has 3 nitrogen and oxygen atoms in total. The van der Waals surface area contributed by atoms with Gasteiger partial charge in [0.15, 0.2) is 0 Å². The van der Waals surface area contributed by atoms with Gasteiger partial charge in [-0.2, -0.15) is 0 Å². The Bertz CT molecular complexity index is 472. The number of hydrogen-bond acceptors (Lipinski definition) is 2. The van der Waals surface area contributed by atoms with Crippen LogP contribution in [0.2, 0.25) is 0 Å². The van der Waals surface area contributed by atoms with Crippen LogP contribution in [0, 0.1) is 6.92 Å². The molecule has 3 heteroatoms. The van der Waals surface area contributed by atoms with Crippen molar-refractivity contribution in [2.45, 2.75) is 33.2 Å². The third-order valence-electron chi connectivity index (χ3n) is 2.54. The van der Waals surface area contributed by atoms with Crippen molar-refractivity contribution in [3.05, 3.63) is 47.8 Å². The number of rotatable bonds is 3. The minimum Gasteiger partial charge on any atom is -0.329 e. The van der Waals surface area contributed by atoms with E-state index in [4.69, 9.17) is 0 Å². The number of hydrogen-bond donors (Lipinski definition) is 0. The Balaban J connectivity index is 2.24. The van der Waals surface area contributed by atoms with E-state index in [2.05, 4.69) is 34.4 Å². The third-order valence-corrected chi connectivity index (χ3v) is 2.54. The van der Waals surface area contributed by atoms with E-state index >= 15 is 0 Å². The lowest BCUT2D eigenvalue weighted by Gasteiger charge is -2.10. The van der Waals surface area contributed by atoms with Crippen molar-refractivity contribution in [1.29, 1.82) is 0 Å². The van der Waals surface area contributed by atoms with Gasteiger partial charge < -0.3 is 4.57 Å². The van der Waals surface area contributed by atoms with Gasteiger partial charge in [-0.05, 0) is 19.1 Å². The van der Waals surface area contributed by atoms with Gasteiger partial charge in [-0.3, -0.25) is 4.98 Å². The molecule has 0 spiro atoms. The molecule has 0 aliphatic rings. The number of aromatic nitrogens is 3. The Labute approximate surface area is 96.2 Å². The van der Waals surface area contributed by atoms with Gasteiger partial charge in [0, 0.05) is 24.0 Å².